The van der Waals surface area contributed by atoms with Crippen molar-refractivity contribution in [3.63, 3.8) is 0 Å². The first-order valence-electron chi connectivity index (χ1n) is 3.18. The highest BCUT2D eigenvalue weighted by molar-refractivity contribution is 8.08. The number of aromatic nitrogens is 1. The second kappa shape index (κ2) is 3.12. The summed E-state index contributed by atoms with van der Waals surface area (Å²) in [5.74, 6) is 0. The van der Waals surface area contributed by atoms with E-state index in [1.54, 1.807) is 17.6 Å². The van der Waals surface area contributed by atoms with E-state index in [2.05, 4.69) is 4.98 Å². The van der Waals surface area contributed by atoms with E-state index in [9.17, 15) is 4.21 Å². The summed E-state index contributed by atoms with van der Waals surface area (Å²) in [4.78, 5) is 4.73. The fraction of sp³-hybridized carbons (Fsp3) is 0. The maximum absolute atomic E-state index is 10.9. The van der Waals surface area contributed by atoms with Crippen molar-refractivity contribution in [3.05, 3.63) is 23.7 Å². The Morgan fingerprint density at radius 1 is 1.50 bits per heavy atom. The van der Waals surface area contributed by atoms with Crippen LogP contribution >= 0.6 is 22.0 Å². The molecule has 1 atom stereocenters. The summed E-state index contributed by atoms with van der Waals surface area (Å²) >= 11 is 1.51. The summed E-state index contributed by atoms with van der Waals surface area (Å²) in [6.07, 6.45) is 0. The van der Waals surface area contributed by atoms with Crippen molar-refractivity contribution in [2.45, 2.75) is 4.90 Å². The predicted molar refractivity (Wildman–Crippen MR) is 51.9 cm³/mol. The maximum Gasteiger partial charge on any atom is 0.147 e. The molecule has 0 bridgehead atoms. The van der Waals surface area contributed by atoms with E-state index < -0.39 is 10.0 Å². The topological polar surface area (TPSA) is 30.0 Å². The number of hydrogen-bond donors (Lipinski definition) is 0. The van der Waals surface area contributed by atoms with Crippen LogP contribution in [0.25, 0.3) is 10.2 Å². The summed E-state index contributed by atoms with van der Waals surface area (Å²) in [6.45, 7) is 0. The summed E-state index contributed by atoms with van der Waals surface area (Å²) in [6, 6.07) is 5.35. The molecule has 62 valence electrons. The third-order valence-electron chi connectivity index (χ3n) is 1.49. The summed E-state index contributed by atoms with van der Waals surface area (Å²) < 4.78 is 11.9. The van der Waals surface area contributed by atoms with Crippen LogP contribution in [0.5, 0.6) is 0 Å². The lowest BCUT2D eigenvalue weighted by molar-refractivity contribution is 0.691. The van der Waals surface area contributed by atoms with Crippen LogP contribution in [0.2, 0.25) is 0 Å². The molecule has 5 heteroatoms. The molecular formula is C7H4ClNOS2. The van der Waals surface area contributed by atoms with Crippen LogP contribution in [0, 0.1) is 0 Å². The van der Waals surface area contributed by atoms with Crippen molar-refractivity contribution in [2.24, 2.45) is 0 Å². The zero-order valence-corrected chi connectivity index (χ0v) is 8.25. The Balaban J connectivity index is 2.68. The molecule has 0 aliphatic rings. The number of fused-ring (bicyclic) bond motifs is 1. The summed E-state index contributed by atoms with van der Waals surface area (Å²) in [7, 11) is 4.01. The van der Waals surface area contributed by atoms with Gasteiger partial charge in [-0.3, -0.25) is 0 Å². The SMILES string of the molecule is O=S(Cl)c1ccc2ncsc2c1. The van der Waals surface area contributed by atoms with Crippen LogP contribution in [0.1, 0.15) is 0 Å². The average Bonchev–Trinajstić information content (AvgIpc) is 2.49. The minimum atomic E-state index is -1.42. The Hall–Kier alpha value is -0.450. The van der Waals surface area contributed by atoms with E-state index in [0.29, 0.717) is 4.90 Å². The maximum atomic E-state index is 10.9. The van der Waals surface area contributed by atoms with Gasteiger partial charge in [-0.2, -0.15) is 0 Å². The van der Waals surface area contributed by atoms with Gasteiger partial charge in [-0.05, 0) is 28.9 Å². The highest BCUT2D eigenvalue weighted by atomic mass is 35.7. The van der Waals surface area contributed by atoms with Crippen molar-refractivity contribution in [1.82, 2.24) is 4.98 Å². The molecule has 12 heavy (non-hydrogen) atoms. The molecule has 1 aromatic heterocycles. The molecule has 0 radical (unpaired) electrons. The van der Waals surface area contributed by atoms with Crippen LogP contribution < -0.4 is 0 Å². The Labute approximate surface area is 80.2 Å². The quantitative estimate of drug-likeness (QED) is 0.688. The zero-order chi connectivity index (χ0) is 8.55. The van der Waals surface area contributed by atoms with Gasteiger partial charge in [0, 0.05) is 0 Å². The van der Waals surface area contributed by atoms with Gasteiger partial charge in [0.15, 0.2) is 0 Å². The molecule has 0 N–H and O–H groups in total. The van der Waals surface area contributed by atoms with Crippen LogP contribution in [0.3, 0.4) is 0 Å². The molecule has 0 aliphatic carbocycles. The minimum absolute atomic E-state index is 0.633. The first-order chi connectivity index (χ1) is 5.77. The Bertz CT molecular complexity index is 440. The fourth-order valence-electron chi connectivity index (χ4n) is 0.935. The van der Waals surface area contributed by atoms with Gasteiger partial charge in [0.2, 0.25) is 0 Å². The molecule has 1 heterocycles. The highest BCUT2D eigenvalue weighted by Crippen LogP contribution is 2.21. The van der Waals surface area contributed by atoms with Crippen LogP contribution in [0.4, 0.5) is 0 Å². The second-order valence-electron chi connectivity index (χ2n) is 2.21. The predicted octanol–water partition coefficient (Wildman–Crippen LogP) is 2.56. The molecule has 2 rings (SSSR count). The molecule has 0 amide bonds. The molecule has 1 aromatic carbocycles. The minimum Gasteiger partial charge on any atom is -0.245 e. The summed E-state index contributed by atoms with van der Waals surface area (Å²) in [5, 5.41) is 0. The van der Waals surface area contributed by atoms with Crippen LogP contribution in [-0.4, -0.2) is 9.19 Å². The van der Waals surface area contributed by atoms with E-state index in [1.165, 1.54) is 11.3 Å². The largest absolute Gasteiger partial charge is 0.245 e. The van der Waals surface area contributed by atoms with Gasteiger partial charge in [0.1, 0.15) is 10.0 Å². The van der Waals surface area contributed by atoms with Gasteiger partial charge < -0.3 is 0 Å². The lowest BCUT2D eigenvalue weighted by Crippen LogP contribution is -1.79. The fourth-order valence-corrected chi connectivity index (χ4v) is 2.40. The standard InChI is InChI=1S/C7H4ClNOS2/c8-12(10)5-1-2-6-7(3-5)11-4-9-6/h1-4H. The smallest absolute Gasteiger partial charge is 0.147 e. The van der Waals surface area contributed by atoms with Crippen molar-refractivity contribution < 1.29 is 4.21 Å². The first-order valence-corrected chi connectivity index (χ1v) is 6.04. The lowest BCUT2D eigenvalue weighted by Gasteiger charge is -1.92. The van der Waals surface area contributed by atoms with Crippen molar-refractivity contribution in [2.75, 3.05) is 0 Å². The van der Waals surface area contributed by atoms with E-state index in [-0.39, 0.29) is 0 Å². The third-order valence-corrected chi connectivity index (χ3v) is 3.44. The van der Waals surface area contributed by atoms with Gasteiger partial charge in [-0.25, -0.2) is 9.19 Å². The number of thiazole rings is 1. The van der Waals surface area contributed by atoms with E-state index in [4.69, 9.17) is 10.7 Å². The lowest BCUT2D eigenvalue weighted by atomic mass is 10.3. The molecule has 2 aromatic rings. The van der Waals surface area contributed by atoms with Crippen LogP contribution in [0.15, 0.2) is 28.6 Å². The number of rotatable bonds is 1. The first kappa shape index (κ1) is 8.16. The van der Waals surface area contributed by atoms with Crippen molar-refractivity contribution in [3.8, 4) is 0 Å². The number of hydrogen-bond acceptors (Lipinski definition) is 3. The molecular weight excluding hydrogens is 214 g/mol. The van der Waals surface area contributed by atoms with Crippen LogP contribution in [-0.2, 0) is 10.0 Å². The molecule has 0 saturated heterocycles. The van der Waals surface area contributed by atoms with Crippen molar-refractivity contribution in [1.29, 1.82) is 0 Å². The number of benzene rings is 1. The molecule has 0 aliphatic heterocycles. The molecule has 1 unspecified atom stereocenters. The molecule has 0 spiro atoms. The molecule has 0 fully saturated rings. The average molecular weight is 218 g/mol. The monoisotopic (exact) mass is 217 g/mol. The van der Waals surface area contributed by atoms with Gasteiger partial charge in [-0.1, -0.05) is 0 Å². The van der Waals surface area contributed by atoms with E-state index >= 15 is 0 Å². The van der Waals surface area contributed by atoms with Gasteiger partial charge in [0.05, 0.1) is 20.6 Å². The zero-order valence-electron chi connectivity index (χ0n) is 5.86. The summed E-state index contributed by atoms with van der Waals surface area (Å²) in [5.41, 5.74) is 2.68. The van der Waals surface area contributed by atoms with E-state index in [1.807, 2.05) is 6.07 Å². The Kier molecular flexibility index (Phi) is 2.12. The molecule has 0 saturated carbocycles. The van der Waals surface area contributed by atoms with Gasteiger partial charge in [0.25, 0.3) is 0 Å². The Morgan fingerprint density at radius 3 is 3.08 bits per heavy atom. The van der Waals surface area contributed by atoms with Gasteiger partial charge in [-0.15, -0.1) is 11.3 Å². The second-order valence-corrected chi connectivity index (χ2v) is 4.85. The van der Waals surface area contributed by atoms with Crippen molar-refractivity contribution >= 4 is 42.2 Å². The molecule has 2 nitrogen and oxygen atoms in total. The number of nitrogens with zero attached hydrogens (tertiary/aromatic N) is 1. The van der Waals surface area contributed by atoms with E-state index in [0.717, 1.165) is 10.2 Å². The Morgan fingerprint density at radius 2 is 2.33 bits per heavy atom. The number of halogens is 1. The highest BCUT2D eigenvalue weighted by Gasteiger charge is 2.02. The third kappa shape index (κ3) is 1.37. The van der Waals surface area contributed by atoms with Gasteiger partial charge >= 0.3 is 0 Å². The normalized spacial score (nSPS) is 13.4.